The molecule has 0 aliphatic rings. The Morgan fingerprint density at radius 2 is 1.88 bits per heavy atom. The van der Waals surface area contributed by atoms with Gasteiger partial charge >= 0.3 is 6.03 Å². The number of thiophene rings is 1. The van der Waals surface area contributed by atoms with Crippen LogP contribution in [0.2, 0.25) is 0 Å². The first-order chi connectivity index (χ1) is 8.19. The van der Waals surface area contributed by atoms with Gasteiger partial charge in [0.2, 0.25) is 0 Å². The van der Waals surface area contributed by atoms with Crippen LogP contribution in [0.15, 0.2) is 36.4 Å². The number of urea groups is 1. The van der Waals surface area contributed by atoms with Crippen LogP contribution < -0.4 is 11.1 Å². The lowest BCUT2D eigenvalue weighted by molar-refractivity contribution is 0.112. The third-order valence-electron chi connectivity index (χ3n) is 2.18. The zero-order valence-electron chi connectivity index (χ0n) is 8.84. The lowest BCUT2D eigenvalue weighted by Gasteiger charge is -2.02. The van der Waals surface area contributed by atoms with E-state index in [1.807, 2.05) is 18.2 Å². The van der Waals surface area contributed by atoms with E-state index in [4.69, 9.17) is 5.73 Å². The van der Waals surface area contributed by atoms with Gasteiger partial charge in [0.15, 0.2) is 6.29 Å². The lowest BCUT2D eigenvalue weighted by Crippen LogP contribution is -2.19. The molecule has 0 saturated heterocycles. The van der Waals surface area contributed by atoms with Crippen molar-refractivity contribution in [2.75, 3.05) is 5.32 Å². The lowest BCUT2D eigenvalue weighted by atomic mass is 10.2. The van der Waals surface area contributed by atoms with Gasteiger partial charge in [-0.1, -0.05) is 12.1 Å². The number of carbonyl (C=O) groups is 2. The molecular weight excluding hydrogens is 236 g/mol. The molecular formula is C12H10N2O2S. The van der Waals surface area contributed by atoms with Crippen LogP contribution in [0.1, 0.15) is 9.67 Å². The van der Waals surface area contributed by atoms with Crippen molar-refractivity contribution in [1.29, 1.82) is 0 Å². The molecule has 1 aromatic carbocycles. The predicted octanol–water partition coefficient (Wildman–Crippen LogP) is 2.72. The van der Waals surface area contributed by atoms with Gasteiger partial charge in [0, 0.05) is 10.6 Å². The standard InChI is InChI=1S/C12H10N2O2S/c13-12(16)14-9-3-1-8(2-4-9)11-6-5-10(7-15)17-11/h1-7H,(H3,13,14,16). The summed E-state index contributed by atoms with van der Waals surface area (Å²) in [6.07, 6.45) is 0.831. The Kier molecular flexibility index (Phi) is 3.20. The second-order valence-corrected chi connectivity index (χ2v) is 4.50. The van der Waals surface area contributed by atoms with Gasteiger partial charge in [-0.2, -0.15) is 0 Å². The Morgan fingerprint density at radius 1 is 1.18 bits per heavy atom. The van der Waals surface area contributed by atoms with E-state index in [1.54, 1.807) is 18.2 Å². The number of primary amides is 1. The zero-order valence-corrected chi connectivity index (χ0v) is 9.66. The molecule has 3 N–H and O–H groups in total. The Hall–Kier alpha value is -2.14. The summed E-state index contributed by atoms with van der Waals surface area (Å²) in [5.41, 5.74) is 6.65. The molecule has 0 spiro atoms. The highest BCUT2D eigenvalue weighted by atomic mass is 32.1. The summed E-state index contributed by atoms with van der Waals surface area (Å²) in [7, 11) is 0. The predicted molar refractivity (Wildman–Crippen MR) is 68.3 cm³/mol. The molecule has 2 amide bonds. The monoisotopic (exact) mass is 246 g/mol. The minimum atomic E-state index is -0.586. The second kappa shape index (κ2) is 4.80. The smallest absolute Gasteiger partial charge is 0.316 e. The quantitative estimate of drug-likeness (QED) is 0.817. The minimum Gasteiger partial charge on any atom is -0.351 e. The number of amides is 2. The normalized spacial score (nSPS) is 9.88. The molecule has 0 radical (unpaired) electrons. The van der Waals surface area contributed by atoms with Crippen molar-refractivity contribution >= 4 is 29.3 Å². The maximum atomic E-state index is 10.6. The van der Waals surface area contributed by atoms with Gasteiger partial charge in [0.25, 0.3) is 0 Å². The van der Waals surface area contributed by atoms with Crippen molar-refractivity contribution in [3.63, 3.8) is 0 Å². The second-order valence-electron chi connectivity index (χ2n) is 3.39. The fourth-order valence-electron chi connectivity index (χ4n) is 1.43. The van der Waals surface area contributed by atoms with Crippen molar-refractivity contribution in [3.8, 4) is 10.4 Å². The molecule has 86 valence electrons. The van der Waals surface area contributed by atoms with E-state index in [1.165, 1.54) is 11.3 Å². The number of aldehydes is 1. The van der Waals surface area contributed by atoms with Crippen LogP contribution in [0, 0.1) is 0 Å². The molecule has 0 aliphatic heterocycles. The van der Waals surface area contributed by atoms with Crippen LogP contribution in [0.3, 0.4) is 0 Å². The van der Waals surface area contributed by atoms with E-state index in [-0.39, 0.29) is 0 Å². The molecule has 4 nitrogen and oxygen atoms in total. The maximum absolute atomic E-state index is 10.6. The summed E-state index contributed by atoms with van der Waals surface area (Å²) in [4.78, 5) is 22.9. The Balaban J connectivity index is 2.22. The number of nitrogens with two attached hydrogens (primary N) is 1. The van der Waals surface area contributed by atoms with E-state index in [0.717, 1.165) is 16.7 Å². The molecule has 2 aromatic rings. The molecule has 17 heavy (non-hydrogen) atoms. The average molecular weight is 246 g/mol. The summed E-state index contributed by atoms with van der Waals surface area (Å²) in [6, 6.07) is 10.4. The van der Waals surface area contributed by atoms with E-state index >= 15 is 0 Å². The van der Waals surface area contributed by atoms with Crippen LogP contribution >= 0.6 is 11.3 Å². The fourth-order valence-corrected chi connectivity index (χ4v) is 2.26. The number of carbonyl (C=O) groups excluding carboxylic acids is 2. The van der Waals surface area contributed by atoms with Gasteiger partial charge in [-0.05, 0) is 29.8 Å². The molecule has 0 saturated carbocycles. The topological polar surface area (TPSA) is 72.2 Å². The van der Waals surface area contributed by atoms with Gasteiger partial charge < -0.3 is 11.1 Å². The first-order valence-corrected chi connectivity index (χ1v) is 5.72. The van der Waals surface area contributed by atoms with Gasteiger partial charge in [-0.3, -0.25) is 4.79 Å². The summed E-state index contributed by atoms with van der Waals surface area (Å²) < 4.78 is 0. The number of hydrogen-bond donors (Lipinski definition) is 2. The van der Waals surface area contributed by atoms with E-state index in [9.17, 15) is 9.59 Å². The molecule has 0 bridgehead atoms. The Morgan fingerprint density at radius 3 is 2.41 bits per heavy atom. The van der Waals surface area contributed by atoms with Crippen LogP contribution in [0.25, 0.3) is 10.4 Å². The van der Waals surface area contributed by atoms with Crippen LogP contribution in [0.5, 0.6) is 0 Å². The summed E-state index contributed by atoms with van der Waals surface area (Å²) in [5.74, 6) is 0. The van der Waals surface area contributed by atoms with Crippen molar-refractivity contribution in [1.82, 2.24) is 0 Å². The van der Waals surface area contributed by atoms with Gasteiger partial charge in [-0.25, -0.2) is 4.79 Å². The third kappa shape index (κ3) is 2.70. The highest BCUT2D eigenvalue weighted by Gasteiger charge is 2.02. The van der Waals surface area contributed by atoms with Gasteiger partial charge in [-0.15, -0.1) is 11.3 Å². The summed E-state index contributed by atoms with van der Waals surface area (Å²) in [5, 5.41) is 2.49. The Labute approximate surface area is 102 Å². The molecule has 1 heterocycles. The van der Waals surface area contributed by atoms with Crippen molar-refractivity contribution in [3.05, 3.63) is 41.3 Å². The molecule has 2 rings (SSSR count). The number of benzene rings is 1. The Bertz CT molecular complexity index is 546. The highest BCUT2D eigenvalue weighted by Crippen LogP contribution is 2.28. The van der Waals surface area contributed by atoms with Gasteiger partial charge in [0.05, 0.1) is 4.88 Å². The van der Waals surface area contributed by atoms with Crippen molar-refractivity contribution in [2.24, 2.45) is 5.73 Å². The fraction of sp³-hybridized carbons (Fsp3) is 0. The molecule has 5 heteroatoms. The third-order valence-corrected chi connectivity index (χ3v) is 3.24. The zero-order chi connectivity index (χ0) is 12.3. The average Bonchev–Trinajstić information content (AvgIpc) is 2.78. The van der Waals surface area contributed by atoms with Crippen molar-refractivity contribution in [2.45, 2.75) is 0 Å². The van der Waals surface area contributed by atoms with Crippen LogP contribution in [0.4, 0.5) is 10.5 Å². The first kappa shape index (κ1) is 11.3. The van der Waals surface area contributed by atoms with E-state index in [2.05, 4.69) is 5.32 Å². The summed E-state index contributed by atoms with van der Waals surface area (Å²) >= 11 is 1.43. The number of nitrogens with one attached hydrogen (secondary N) is 1. The van der Waals surface area contributed by atoms with E-state index < -0.39 is 6.03 Å². The largest absolute Gasteiger partial charge is 0.351 e. The van der Waals surface area contributed by atoms with Crippen molar-refractivity contribution < 1.29 is 9.59 Å². The first-order valence-electron chi connectivity index (χ1n) is 4.91. The molecule has 0 unspecified atom stereocenters. The van der Waals surface area contributed by atoms with Gasteiger partial charge in [0.1, 0.15) is 0 Å². The van der Waals surface area contributed by atoms with Crippen LogP contribution in [-0.2, 0) is 0 Å². The minimum absolute atomic E-state index is 0.586. The molecule has 0 atom stereocenters. The van der Waals surface area contributed by atoms with Crippen LogP contribution in [-0.4, -0.2) is 12.3 Å². The number of rotatable bonds is 3. The highest BCUT2D eigenvalue weighted by molar-refractivity contribution is 7.17. The molecule has 0 aliphatic carbocycles. The number of hydrogen-bond acceptors (Lipinski definition) is 3. The van der Waals surface area contributed by atoms with E-state index in [0.29, 0.717) is 10.6 Å². The maximum Gasteiger partial charge on any atom is 0.316 e. The molecule has 1 aromatic heterocycles. The summed E-state index contributed by atoms with van der Waals surface area (Å²) in [6.45, 7) is 0. The SMILES string of the molecule is NC(=O)Nc1ccc(-c2ccc(C=O)s2)cc1. The molecule has 0 fully saturated rings. The number of anilines is 1.